The highest BCUT2D eigenvalue weighted by Crippen LogP contribution is 2.23. The topological polar surface area (TPSA) is 73.9 Å². The van der Waals surface area contributed by atoms with Crippen molar-refractivity contribution in [2.45, 2.75) is 32.8 Å². The van der Waals surface area contributed by atoms with Crippen LogP contribution >= 0.6 is 0 Å². The number of esters is 1. The number of carbonyl (C=O) groups excluding carboxylic acids is 2. The molecule has 0 saturated carbocycles. The van der Waals surface area contributed by atoms with Gasteiger partial charge in [-0.05, 0) is 49.7 Å². The first-order chi connectivity index (χ1) is 13.0. The van der Waals surface area contributed by atoms with Crippen LogP contribution in [0.3, 0.4) is 0 Å². The number of hydrogen-bond donors (Lipinski definition) is 1. The Labute approximate surface area is 159 Å². The Bertz CT molecular complexity index is 757. The lowest BCUT2D eigenvalue weighted by molar-refractivity contribution is -0.122. The third-order valence-electron chi connectivity index (χ3n) is 3.87. The number of methoxy groups -OCH3 is 1. The van der Waals surface area contributed by atoms with Crippen molar-refractivity contribution in [3.8, 4) is 11.5 Å². The number of nitrogens with one attached hydrogen (secondary N) is 1. The van der Waals surface area contributed by atoms with Crippen molar-refractivity contribution in [2.24, 2.45) is 0 Å². The minimum Gasteiger partial charge on any atom is -0.495 e. The number of para-hydroxylation sites is 2. The van der Waals surface area contributed by atoms with E-state index in [-0.39, 0.29) is 11.9 Å². The summed E-state index contributed by atoms with van der Waals surface area (Å²) >= 11 is 0. The van der Waals surface area contributed by atoms with Gasteiger partial charge in [-0.3, -0.25) is 4.79 Å². The van der Waals surface area contributed by atoms with Crippen LogP contribution in [-0.4, -0.2) is 31.7 Å². The first-order valence-corrected chi connectivity index (χ1v) is 8.93. The molecule has 6 heteroatoms. The predicted molar refractivity (Wildman–Crippen MR) is 103 cm³/mol. The number of ether oxygens (including phenoxy) is 3. The normalized spacial score (nSPS) is 11.4. The molecule has 2 aromatic carbocycles. The van der Waals surface area contributed by atoms with Crippen molar-refractivity contribution >= 4 is 17.6 Å². The van der Waals surface area contributed by atoms with Gasteiger partial charge in [0, 0.05) is 0 Å². The first kappa shape index (κ1) is 20.3. The number of anilines is 1. The van der Waals surface area contributed by atoms with Crippen LogP contribution in [-0.2, 0) is 9.53 Å². The summed E-state index contributed by atoms with van der Waals surface area (Å²) in [5.41, 5.74) is 1.02. The fourth-order valence-electron chi connectivity index (χ4n) is 2.30. The summed E-state index contributed by atoms with van der Waals surface area (Å²) in [5, 5.41) is 2.78. The zero-order valence-corrected chi connectivity index (χ0v) is 15.9. The fourth-order valence-corrected chi connectivity index (χ4v) is 2.30. The SMILES string of the molecule is CCCCOC(=O)c1ccc(O[C@H](C)C(=O)Nc2ccccc2OC)cc1. The van der Waals surface area contributed by atoms with Gasteiger partial charge >= 0.3 is 5.97 Å². The molecular weight excluding hydrogens is 346 g/mol. The van der Waals surface area contributed by atoms with E-state index < -0.39 is 6.10 Å². The molecule has 0 aliphatic heterocycles. The molecule has 0 saturated heterocycles. The molecule has 27 heavy (non-hydrogen) atoms. The highest BCUT2D eigenvalue weighted by molar-refractivity contribution is 5.95. The Morgan fingerprint density at radius 3 is 2.44 bits per heavy atom. The molecule has 2 aromatic rings. The second kappa shape index (κ2) is 10.2. The van der Waals surface area contributed by atoms with Gasteiger partial charge in [-0.2, -0.15) is 0 Å². The molecule has 1 amide bonds. The molecule has 0 unspecified atom stereocenters. The van der Waals surface area contributed by atoms with Crippen LogP contribution in [0.25, 0.3) is 0 Å². The van der Waals surface area contributed by atoms with E-state index in [1.807, 2.05) is 19.1 Å². The minimum absolute atomic E-state index is 0.303. The third kappa shape index (κ3) is 6.02. The van der Waals surface area contributed by atoms with Crippen LogP contribution < -0.4 is 14.8 Å². The summed E-state index contributed by atoms with van der Waals surface area (Å²) in [6.45, 7) is 4.09. The molecule has 0 aliphatic carbocycles. The predicted octanol–water partition coefficient (Wildman–Crippen LogP) is 4.06. The van der Waals surface area contributed by atoms with Gasteiger partial charge in [-0.15, -0.1) is 0 Å². The second-order valence-corrected chi connectivity index (χ2v) is 5.96. The van der Waals surface area contributed by atoms with Crippen LogP contribution in [0, 0.1) is 0 Å². The molecule has 0 bridgehead atoms. The molecule has 144 valence electrons. The van der Waals surface area contributed by atoms with Gasteiger partial charge in [-0.1, -0.05) is 25.5 Å². The Morgan fingerprint density at radius 1 is 1.07 bits per heavy atom. The number of unbranched alkanes of at least 4 members (excludes halogenated alkanes) is 1. The van der Waals surface area contributed by atoms with Crippen molar-refractivity contribution in [3.05, 3.63) is 54.1 Å². The minimum atomic E-state index is -0.725. The maximum atomic E-state index is 12.3. The van der Waals surface area contributed by atoms with E-state index in [1.54, 1.807) is 50.4 Å². The van der Waals surface area contributed by atoms with Gasteiger partial charge in [0.05, 0.1) is 25.0 Å². The molecule has 6 nitrogen and oxygen atoms in total. The number of hydrogen-bond acceptors (Lipinski definition) is 5. The molecule has 1 N–H and O–H groups in total. The molecule has 0 radical (unpaired) electrons. The largest absolute Gasteiger partial charge is 0.495 e. The molecule has 0 aliphatic rings. The third-order valence-corrected chi connectivity index (χ3v) is 3.87. The highest BCUT2D eigenvalue weighted by Gasteiger charge is 2.17. The van der Waals surface area contributed by atoms with Crippen molar-refractivity contribution in [2.75, 3.05) is 19.0 Å². The van der Waals surface area contributed by atoms with E-state index in [9.17, 15) is 9.59 Å². The van der Waals surface area contributed by atoms with Crippen LogP contribution in [0.15, 0.2) is 48.5 Å². The van der Waals surface area contributed by atoms with Crippen LogP contribution in [0.1, 0.15) is 37.0 Å². The van der Waals surface area contributed by atoms with Crippen molar-refractivity contribution in [1.82, 2.24) is 0 Å². The highest BCUT2D eigenvalue weighted by atomic mass is 16.5. The standard InChI is InChI=1S/C21H25NO5/c1-4-5-14-26-21(24)16-10-12-17(13-11-16)27-15(2)20(23)22-18-8-6-7-9-19(18)25-3/h6-13,15H,4-5,14H2,1-3H3,(H,22,23)/t15-/m1/s1. The smallest absolute Gasteiger partial charge is 0.338 e. The lowest BCUT2D eigenvalue weighted by Gasteiger charge is -2.16. The van der Waals surface area contributed by atoms with E-state index in [4.69, 9.17) is 14.2 Å². The Balaban J connectivity index is 1.92. The molecule has 2 rings (SSSR count). The lowest BCUT2D eigenvalue weighted by atomic mass is 10.2. The molecular formula is C21H25NO5. The fraction of sp³-hybridized carbons (Fsp3) is 0.333. The summed E-state index contributed by atoms with van der Waals surface area (Å²) in [7, 11) is 1.54. The van der Waals surface area contributed by atoms with E-state index in [1.165, 1.54) is 0 Å². The summed E-state index contributed by atoms with van der Waals surface area (Å²) in [5.74, 6) is 0.395. The molecule has 0 heterocycles. The second-order valence-electron chi connectivity index (χ2n) is 5.96. The number of rotatable bonds is 9. The summed E-state index contributed by atoms with van der Waals surface area (Å²) in [4.78, 5) is 24.2. The zero-order valence-electron chi connectivity index (χ0n) is 15.9. The molecule has 1 atom stereocenters. The summed E-state index contributed by atoms with van der Waals surface area (Å²) in [6.07, 6.45) is 1.08. The average molecular weight is 371 g/mol. The van der Waals surface area contributed by atoms with Crippen LogP contribution in [0.5, 0.6) is 11.5 Å². The maximum absolute atomic E-state index is 12.3. The van der Waals surface area contributed by atoms with Gasteiger partial charge in [0.15, 0.2) is 6.10 Å². The van der Waals surface area contributed by atoms with Crippen LogP contribution in [0.4, 0.5) is 5.69 Å². The van der Waals surface area contributed by atoms with Crippen molar-refractivity contribution in [1.29, 1.82) is 0 Å². The maximum Gasteiger partial charge on any atom is 0.338 e. The number of amides is 1. The number of carbonyl (C=O) groups is 2. The molecule has 0 aromatic heterocycles. The van der Waals surface area contributed by atoms with Gasteiger partial charge in [-0.25, -0.2) is 4.79 Å². The first-order valence-electron chi connectivity index (χ1n) is 8.93. The monoisotopic (exact) mass is 371 g/mol. The van der Waals surface area contributed by atoms with Gasteiger partial charge in [0.1, 0.15) is 11.5 Å². The van der Waals surface area contributed by atoms with Gasteiger partial charge in [0.25, 0.3) is 5.91 Å². The van der Waals surface area contributed by atoms with Gasteiger partial charge < -0.3 is 19.5 Å². The summed E-state index contributed by atoms with van der Waals surface area (Å²) in [6, 6.07) is 13.7. The molecule has 0 fully saturated rings. The molecule has 0 spiro atoms. The zero-order chi connectivity index (χ0) is 19.6. The Kier molecular flexibility index (Phi) is 7.67. The Morgan fingerprint density at radius 2 is 1.78 bits per heavy atom. The van der Waals surface area contributed by atoms with E-state index in [0.29, 0.717) is 29.4 Å². The van der Waals surface area contributed by atoms with Crippen molar-refractivity contribution in [3.63, 3.8) is 0 Å². The van der Waals surface area contributed by atoms with Crippen molar-refractivity contribution < 1.29 is 23.8 Å². The quantitative estimate of drug-likeness (QED) is 0.531. The van der Waals surface area contributed by atoms with E-state index >= 15 is 0 Å². The van der Waals surface area contributed by atoms with E-state index in [0.717, 1.165) is 12.8 Å². The van der Waals surface area contributed by atoms with Crippen LogP contribution in [0.2, 0.25) is 0 Å². The van der Waals surface area contributed by atoms with Gasteiger partial charge in [0.2, 0.25) is 0 Å². The average Bonchev–Trinajstić information content (AvgIpc) is 2.69. The van der Waals surface area contributed by atoms with E-state index in [2.05, 4.69) is 5.32 Å². The number of benzene rings is 2. The Hall–Kier alpha value is -3.02. The lowest BCUT2D eigenvalue weighted by Crippen LogP contribution is -2.30. The summed E-state index contributed by atoms with van der Waals surface area (Å²) < 4.78 is 16.0.